The molecule has 2 unspecified atom stereocenters. The first-order chi connectivity index (χ1) is 9.66. The average Bonchev–Trinajstić information content (AvgIpc) is 3.04. The fourth-order valence-corrected chi connectivity index (χ4v) is 3.96. The Morgan fingerprint density at radius 3 is 2.70 bits per heavy atom. The van der Waals surface area contributed by atoms with Crippen LogP contribution in [0.1, 0.15) is 49.1 Å². The van der Waals surface area contributed by atoms with Crippen LogP contribution in [0.2, 0.25) is 0 Å². The molecule has 0 radical (unpaired) electrons. The fourth-order valence-electron chi connectivity index (χ4n) is 3.96. The van der Waals surface area contributed by atoms with E-state index in [-0.39, 0.29) is 0 Å². The molecular weight excluding hydrogens is 248 g/mol. The van der Waals surface area contributed by atoms with E-state index in [1.165, 1.54) is 62.1 Å². The van der Waals surface area contributed by atoms with Crippen LogP contribution in [-0.2, 0) is 13.6 Å². The third kappa shape index (κ3) is 2.63. The molecule has 0 spiro atoms. The molecule has 0 saturated carbocycles. The first-order valence-electron chi connectivity index (χ1n) is 8.13. The van der Waals surface area contributed by atoms with E-state index in [1.807, 2.05) is 4.68 Å². The average molecular weight is 276 g/mol. The number of nitrogens with one attached hydrogen (secondary N) is 1. The van der Waals surface area contributed by atoms with E-state index >= 15 is 0 Å². The highest BCUT2D eigenvalue weighted by atomic mass is 15.3. The van der Waals surface area contributed by atoms with Gasteiger partial charge in [-0.2, -0.15) is 5.10 Å². The number of aromatic nitrogens is 2. The summed E-state index contributed by atoms with van der Waals surface area (Å²) < 4.78 is 2.03. The molecule has 0 bridgehead atoms. The lowest BCUT2D eigenvalue weighted by Gasteiger charge is -2.39. The second-order valence-corrected chi connectivity index (χ2v) is 6.51. The monoisotopic (exact) mass is 276 g/mol. The summed E-state index contributed by atoms with van der Waals surface area (Å²) in [6.45, 7) is 7.88. The van der Waals surface area contributed by atoms with Gasteiger partial charge >= 0.3 is 0 Å². The molecule has 2 fully saturated rings. The zero-order valence-electron chi connectivity index (χ0n) is 13.2. The normalized spacial score (nSPS) is 28.1. The molecule has 112 valence electrons. The summed E-state index contributed by atoms with van der Waals surface area (Å²) >= 11 is 0. The van der Waals surface area contributed by atoms with Crippen LogP contribution in [0.25, 0.3) is 0 Å². The van der Waals surface area contributed by atoms with Gasteiger partial charge in [0.15, 0.2) is 0 Å². The SMILES string of the molecule is Cc1nn(C)c(C)c1CN1CCCCC1C1CCCN1. The van der Waals surface area contributed by atoms with Crippen LogP contribution < -0.4 is 5.32 Å². The van der Waals surface area contributed by atoms with Crippen LogP contribution >= 0.6 is 0 Å². The van der Waals surface area contributed by atoms with Crippen molar-refractivity contribution in [2.75, 3.05) is 13.1 Å². The molecule has 20 heavy (non-hydrogen) atoms. The molecule has 2 aliphatic heterocycles. The third-order valence-electron chi connectivity index (χ3n) is 5.25. The minimum absolute atomic E-state index is 0.715. The quantitative estimate of drug-likeness (QED) is 0.918. The van der Waals surface area contributed by atoms with Crippen LogP contribution in [0, 0.1) is 13.8 Å². The van der Waals surface area contributed by atoms with Crippen molar-refractivity contribution in [1.82, 2.24) is 20.0 Å². The molecule has 3 rings (SSSR count). The summed E-state index contributed by atoms with van der Waals surface area (Å²) in [5.74, 6) is 0. The van der Waals surface area contributed by atoms with Gasteiger partial charge in [-0.1, -0.05) is 6.42 Å². The summed E-state index contributed by atoms with van der Waals surface area (Å²) in [4.78, 5) is 2.71. The summed E-state index contributed by atoms with van der Waals surface area (Å²) in [6, 6.07) is 1.44. The summed E-state index contributed by atoms with van der Waals surface area (Å²) in [6.07, 6.45) is 6.80. The number of rotatable bonds is 3. The zero-order chi connectivity index (χ0) is 14.1. The molecule has 1 aromatic heterocycles. The molecule has 0 aliphatic carbocycles. The summed E-state index contributed by atoms with van der Waals surface area (Å²) in [5.41, 5.74) is 3.97. The molecule has 2 saturated heterocycles. The van der Waals surface area contributed by atoms with Gasteiger partial charge in [0.25, 0.3) is 0 Å². The summed E-state index contributed by atoms with van der Waals surface area (Å²) in [7, 11) is 2.05. The van der Waals surface area contributed by atoms with Gasteiger partial charge in [-0.05, 0) is 52.6 Å². The maximum Gasteiger partial charge on any atom is 0.0641 e. The van der Waals surface area contributed by atoms with Crippen molar-refractivity contribution < 1.29 is 0 Å². The van der Waals surface area contributed by atoms with Crippen molar-refractivity contribution >= 4 is 0 Å². The predicted octanol–water partition coefficient (Wildman–Crippen LogP) is 2.14. The molecule has 4 heteroatoms. The Morgan fingerprint density at radius 1 is 1.20 bits per heavy atom. The molecule has 2 atom stereocenters. The topological polar surface area (TPSA) is 33.1 Å². The Hall–Kier alpha value is -0.870. The Bertz CT molecular complexity index is 459. The van der Waals surface area contributed by atoms with Gasteiger partial charge in [0.2, 0.25) is 0 Å². The van der Waals surface area contributed by atoms with Crippen molar-refractivity contribution in [3.05, 3.63) is 17.0 Å². The Balaban J connectivity index is 1.76. The van der Waals surface area contributed by atoms with E-state index in [2.05, 4.69) is 36.2 Å². The van der Waals surface area contributed by atoms with Crippen molar-refractivity contribution in [1.29, 1.82) is 0 Å². The highest BCUT2D eigenvalue weighted by Crippen LogP contribution is 2.27. The predicted molar refractivity (Wildman–Crippen MR) is 81.8 cm³/mol. The highest BCUT2D eigenvalue weighted by molar-refractivity contribution is 5.24. The van der Waals surface area contributed by atoms with E-state index in [4.69, 9.17) is 0 Å². The zero-order valence-corrected chi connectivity index (χ0v) is 13.2. The van der Waals surface area contributed by atoms with Gasteiger partial charge in [0, 0.05) is 36.9 Å². The molecule has 1 aromatic rings. The third-order valence-corrected chi connectivity index (χ3v) is 5.25. The molecule has 0 amide bonds. The number of aryl methyl sites for hydroxylation is 2. The number of hydrogen-bond acceptors (Lipinski definition) is 3. The van der Waals surface area contributed by atoms with Gasteiger partial charge in [0.05, 0.1) is 5.69 Å². The smallest absolute Gasteiger partial charge is 0.0641 e. The lowest BCUT2D eigenvalue weighted by Crippen LogP contribution is -2.49. The van der Waals surface area contributed by atoms with Crippen LogP contribution in [0.15, 0.2) is 0 Å². The standard InChI is InChI=1S/C16H28N4/c1-12-14(13(2)19(3)18-12)11-20-10-5-4-8-16(20)15-7-6-9-17-15/h15-17H,4-11H2,1-3H3. The van der Waals surface area contributed by atoms with Crippen LogP contribution in [0.4, 0.5) is 0 Å². The number of nitrogens with zero attached hydrogens (tertiary/aromatic N) is 3. The van der Waals surface area contributed by atoms with Crippen molar-refractivity contribution in [3.63, 3.8) is 0 Å². The van der Waals surface area contributed by atoms with E-state index in [0.29, 0.717) is 6.04 Å². The molecular formula is C16H28N4. The molecule has 2 aliphatic rings. The van der Waals surface area contributed by atoms with E-state index in [9.17, 15) is 0 Å². The fraction of sp³-hybridized carbons (Fsp3) is 0.812. The van der Waals surface area contributed by atoms with Crippen LogP contribution in [-0.4, -0.2) is 39.9 Å². The molecule has 3 heterocycles. The lowest BCUT2D eigenvalue weighted by atomic mass is 9.94. The largest absolute Gasteiger partial charge is 0.312 e. The van der Waals surface area contributed by atoms with E-state index < -0.39 is 0 Å². The van der Waals surface area contributed by atoms with Crippen LogP contribution in [0.3, 0.4) is 0 Å². The van der Waals surface area contributed by atoms with E-state index in [0.717, 1.165) is 12.6 Å². The number of likely N-dealkylation sites (tertiary alicyclic amines) is 1. The van der Waals surface area contributed by atoms with Crippen LogP contribution in [0.5, 0.6) is 0 Å². The minimum atomic E-state index is 0.715. The van der Waals surface area contributed by atoms with Gasteiger partial charge in [0.1, 0.15) is 0 Å². The number of hydrogen-bond donors (Lipinski definition) is 1. The number of piperidine rings is 1. The Labute approximate surface area is 122 Å². The molecule has 1 N–H and O–H groups in total. The second kappa shape index (κ2) is 5.86. The first kappa shape index (κ1) is 14.1. The van der Waals surface area contributed by atoms with Gasteiger partial charge in [-0.3, -0.25) is 9.58 Å². The first-order valence-corrected chi connectivity index (χ1v) is 8.13. The Kier molecular flexibility index (Phi) is 4.13. The lowest BCUT2D eigenvalue weighted by molar-refractivity contribution is 0.112. The van der Waals surface area contributed by atoms with Crippen molar-refractivity contribution in [2.45, 2.75) is 64.6 Å². The van der Waals surface area contributed by atoms with Gasteiger partial charge in [-0.15, -0.1) is 0 Å². The van der Waals surface area contributed by atoms with Gasteiger partial charge < -0.3 is 5.32 Å². The Morgan fingerprint density at radius 2 is 2.05 bits per heavy atom. The van der Waals surface area contributed by atoms with Gasteiger partial charge in [-0.25, -0.2) is 0 Å². The maximum atomic E-state index is 4.57. The summed E-state index contributed by atoms with van der Waals surface area (Å²) in [5, 5.41) is 8.29. The van der Waals surface area contributed by atoms with Crippen molar-refractivity contribution in [2.24, 2.45) is 7.05 Å². The minimum Gasteiger partial charge on any atom is -0.312 e. The maximum absolute atomic E-state index is 4.57. The highest BCUT2D eigenvalue weighted by Gasteiger charge is 2.32. The second-order valence-electron chi connectivity index (χ2n) is 6.51. The molecule has 0 aromatic carbocycles. The van der Waals surface area contributed by atoms with Crippen molar-refractivity contribution in [3.8, 4) is 0 Å². The van der Waals surface area contributed by atoms with E-state index in [1.54, 1.807) is 0 Å². The molecule has 4 nitrogen and oxygen atoms in total.